The molecule has 84 valence electrons. The molecule has 0 bridgehead atoms. The third-order valence-corrected chi connectivity index (χ3v) is 3.83. The summed E-state index contributed by atoms with van der Waals surface area (Å²) in [7, 11) is 1.27. The number of Topliss-reactive ketones (excluding diaryl/α,β-unsaturated/α-hetero) is 1. The van der Waals surface area contributed by atoms with Gasteiger partial charge >= 0.3 is 12.0 Å². The highest BCUT2D eigenvalue weighted by molar-refractivity contribution is 8.00. The molecule has 3 nitrogen and oxygen atoms in total. The summed E-state index contributed by atoms with van der Waals surface area (Å²) >= 11 is 1.76. The zero-order valence-electron chi connectivity index (χ0n) is 7.71. The number of alkyl halides is 3. The van der Waals surface area contributed by atoms with E-state index in [0.717, 1.165) is 16.3 Å². The van der Waals surface area contributed by atoms with Crippen LogP contribution in [0.15, 0.2) is 4.34 Å². The lowest BCUT2D eigenvalue weighted by atomic mass is 10.3. The minimum absolute atomic E-state index is 0.368. The summed E-state index contributed by atoms with van der Waals surface area (Å²) in [5.41, 5.74) is -0.822. The molecule has 0 fully saturated rings. The van der Waals surface area contributed by atoms with Crippen molar-refractivity contribution in [3.63, 3.8) is 0 Å². The van der Waals surface area contributed by atoms with Crippen LogP contribution in [-0.2, 0) is 7.05 Å². The molecule has 0 radical (unpaired) electrons. The summed E-state index contributed by atoms with van der Waals surface area (Å²) in [4.78, 5) is 10.9. The summed E-state index contributed by atoms with van der Waals surface area (Å²) in [6.45, 7) is 0. The monoisotopic (exact) mass is 257 g/mol. The Balaban J connectivity index is 3.26. The first-order chi connectivity index (χ1) is 6.79. The van der Waals surface area contributed by atoms with Crippen molar-refractivity contribution >= 4 is 28.9 Å². The first kappa shape index (κ1) is 12.3. The summed E-state index contributed by atoms with van der Waals surface area (Å²) in [6, 6.07) is 0. The van der Waals surface area contributed by atoms with E-state index in [0.29, 0.717) is 15.7 Å². The predicted octanol–water partition coefficient (Wildman–Crippen LogP) is 1.11. The number of ketones is 1. The smallest absolute Gasteiger partial charge is 0.461 e. The van der Waals surface area contributed by atoms with E-state index in [1.807, 2.05) is 0 Å². The summed E-state index contributed by atoms with van der Waals surface area (Å²) in [5.74, 6) is -2.09. The number of hydrogen-bond acceptors (Lipinski definition) is 4. The van der Waals surface area contributed by atoms with Crippen molar-refractivity contribution in [2.75, 3.05) is 6.26 Å². The van der Waals surface area contributed by atoms with Crippen LogP contribution in [0.4, 0.5) is 13.2 Å². The first-order valence-corrected chi connectivity index (χ1v) is 5.68. The molecule has 0 atom stereocenters. The number of aromatic nitrogens is 1. The van der Waals surface area contributed by atoms with Gasteiger partial charge in [-0.1, -0.05) is 11.3 Å². The number of thioether (sulfide) groups is 1. The Morgan fingerprint density at radius 3 is 2.40 bits per heavy atom. The van der Waals surface area contributed by atoms with Gasteiger partial charge in [-0.15, -0.1) is 0 Å². The molecule has 0 aromatic carbocycles. The fraction of sp³-hybridized carbons (Fsp3) is 0.429. The third kappa shape index (κ3) is 2.25. The van der Waals surface area contributed by atoms with E-state index in [9.17, 15) is 23.1 Å². The van der Waals surface area contributed by atoms with Crippen molar-refractivity contribution < 1.29 is 27.6 Å². The van der Waals surface area contributed by atoms with Gasteiger partial charge in [0.25, 0.3) is 10.0 Å². The van der Waals surface area contributed by atoms with Crippen LogP contribution in [0.2, 0.25) is 0 Å². The van der Waals surface area contributed by atoms with Gasteiger partial charge in [-0.05, 0) is 18.0 Å². The number of nitrogens with zero attached hydrogens (tertiary/aromatic N) is 1. The third-order valence-electron chi connectivity index (χ3n) is 1.63. The second-order valence-electron chi connectivity index (χ2n) is 2.59. The Bertz CT molecular complexity index is 400. The number of thiazole rings is 1. The Kier molecular flexibility index (Phi) is 3.29. The second kappa shape index (κ2) is 4.01. The van der Waals surface area contributed by atoms with E-state index in [2.05, 4.69) is 0 Å². The van der Waals surface area contributed by atoms with Gasteiger partial charge in [0.2, 0.25) is 0 Å². The van der Waals surface area contributed by atoms with Crippen molar-refractivity contribution in [3.8, 4) is 5.06 Å². The van der Waals surface area contributed by atoms with Crippen LogP contribution in [0.5, 0.6) is 5.06 Å². The van der Waals surface area contributed by atoms with Crippen LogP contribution in [0.25, 0.3) is 0 Å². The molecule has 1 aromatic heterocycles. The molecule has 0 unspecified atom stereocenters. The lowest BCUT2D eigenvalue weighted by molar-refractivity contribution is -0.705. The van der Waals surface area contributed by atoms with Gasteiger partial charge in [-0.3, -0.25) is 4.79 Å². The lowest BCUT2D eigenvalue weighted by Crippen LogP contribution is -2.40. The maximum absolute atomic E-state index is 12.1. The van der Waals surface area contributed by atoms with Gasteiger partial charge in [0, 0.05) is 5.06 Å². The summed E-state index contributed by atoms with van der Waals surface area (Å²) in [5, 5.41) is 10.3. The topological polar surface area (TPSA) is 44.0 Å². The minimum Gasteiger partial charge on any atom is -0.860 e. The highest BCUT2D eigenvalue weighted by atomic mass is 32.2. The van der Waals surface area contributed by atoms with Crippen LogP contribution < -0.4 is 9.67 Å². The van der Waals surface area contributed by atoms with E-state index >= 15 is 0 Å². The molecule has 0 spiro atoms. The SMILES string of the molecule is CSc1sc([O-])c(C(=O)C(F)(F)F)[n+]1C. The first-order valence-electron chi connectivity index (χ1n) is 3.64. The van der Waals surface area contributed by atoms with E-state index in [1.54, 1.807) is 6.26 Å². The molecule has 0 amide bonds. The van der Waals surface area contributed by atoms with Gasteiger partial charge in [-0.25, -0.2) is 0 Å². The molecule has 0 saturated carbocycles. The Morgan fingerprint density at radius 2 is 2.07 bits per heavy atom. The van der Waals surface area contributed by atoms with Crippen molar-refractivity contribution in [2.45, 2.75) is 10.5 Å². The zero-order chi connectivity index (χ0) is 11.8. The van der Waals surface area contributed by atoms with E-state index < -0.39 is 22.7 Å². The Morgan fingerprint density at radius 1 is 1.53 bits per heavy atom. The van der Waals surface area contributed by atoms with Gasteiger partial charge in [0.05, 0.1) is 0 Å². The number of carbonyl (C=O) groups excluding carboxylic acids is 1. The van der Waals surface area contributed by atoms with Crippen LogP contribution in [0, 0.1) is 0 Å². The molecule has 0 saturated heterocycles. The average molecular weight is 257 g/mol. The molecular formula is C7H6F3NO2S2. The van der Waals surface area contributed by atoms with Crippen molar-refractivity contribution in [2.24, 2.45) is 7.05 Å². The number of rotatable bonds is 2. The van der Waals surface area contributed by atoms with Gasteiger partial charge in [0.1, 0.15) is 7.05 Å². The van der Waals surface area contributed by atoms with Crippen molar-refractivity contribution in [1.29, 1.82) is 0 Å². The molecule has 0 N–H and O–H groups in total. The second-order valence-corrected chi connectivity index (χ2v) is 4.61. The van der Waals surface area contributed by atoms with Gasteiger partial charge in [0.15, 0.2) is 0 Å². The van der Waals surface area contributed by atoms with E-state index in [1.165, 1.54) is 7.05 Å². The van der Waals surface area contributed by atoms with E-state index in [-0.39, 0.29) is 0 Å². The highest BCUT2D eigenvalue weighted by Crippen LogP contribution is 2.31. The summed E-state index contributed by atoms with van der Waals surface area (Å²) in [6.07, 6.45) is -3.39. The lowest BCUT2D eigenvalue weighted by Gasteiger charge is -2.04. The maximum atomic E-state index is 12.1. The number of halogens is 3. The molecule has 0 aliphatic carbocycles. The standard InChI is InChI=1S/C7H6F3NO2S2/c1-11-3(4(12)7(8,9)10)5(13)15-6(11)14-2/h1-2H3. The highest BCUT2D eigenvalue weighted by Gasteiger charge is 2.45. The predicted molar refractivity (Wildman–Crippen MR) is 47.1 cm³/mol. The van der Waals surface area contributed by atoms with Crippen LogP contribution in [-0.4, -0.2) is 18.2 Å². The number of carbonyl (C=O) groups is 1. The summed E-state index contributed by atoms with van der Waals surface area (Å²) < 4.78 is 37.7. The normalized spacial score (nSPS) is 11.8. The maximum Gasteiger partial charge on any atom is 0.461 e. The quantitative estimate of drug-likeness (QED) is 0.453. The Hall–Kier alpha value is -0.760. The molecule has 15 heavy (non-hydrogen) atoms. The largest absolute Gasteiger partial charge is 0.860 e. The fourth-order valence-electron chi connectivity index (χ4n) is 0.982. The molecular weight excluding hydrogens is 251 g/mol. The van der Waals surface area contributed by atoms with Crippen LogP contribution >= 0.6 is 23.1 Å². The van der Waals surface area contributed by atoms with Crippen LogP contribution in [0.1, 0.15) is 10.5 Å². The van der Waals surface area contributed by atoms with Gasteiger partial charge < -0.3 is 5.11 Å². The van der Waals surface area contributed by atoms with Crippen molar-refractivity contribution in [3.05, 3.63) is 5.69 Å². The zero-order valence-corrected chi connectivity index (χ0v) is 9.35. The fourth-order valence-corrected chi connectivity index (χ4v) is 2.62. The average Bonchev–Trinajstić information content (AvgIpc) is 2.39. The molecule has 1 rings (SSSR count). The van der Waals surface area contributed by atoms with E-state index in [4.69, 9.17) is 0 Å². The van der Waals surface area contributed by atoms with Gasteiger partial charge in [-0.2, -0.15) is 17.7 Å². The minimum atomic E-state index is -5.01. The number of hydrogen-bond donors (Lipinski definition) is 0. The van der Waals surface area contributed by atoms with Crippen LogP contribution in [0.3, 0.4) is 0 Å². The molecule has 8 heteroatoms. The Labute approximate surface area is 91.5 Å². The van der Waals surface area contributed by atoms with Crippen molar-refractivity contribution in [1.82, 2.24) is 0 Å². The molecule has 0 aliphatic heterocycles. The molecule has 1 aromatic rings. The molecule has 1 heterocycles. The molecule has 0 aliphatic rings.